The van der Waals surface area contributed by atoms with E-state index in [4.69, 9.17) is 11.6 Å². The first-order valence-electron chi connectivity index (χ1n) is 5.83. The van der Waals surface area contributed by atoms with E-state index in [0.717, 1.165) is 11.6 Å². The van der Waals surface area contributed by atoms with Crippen LogP contribution in [0, 0.1) is 11.6 Å². The Morgan fingerprint density at radius 3 is 2.70 bits per heavy atom. The number of halogens is 3. The molecule has 0 aliphatic carbocycles. The van der Waals surface area contributed by atoms with Crippen molar-refractivity contribution in [1.29, 1.82) is 0 Å². The molecule has 0 radical (unpaired) electrons. The highest BCUT2D eigenvalue weighted by Gasteiger charge is 2.19. The van der Waals surface area contributed by atoms with Gasteiger partial charge in [0.05, 0.1) is 10.5 Å². The van der Waals surface area contributed by atoms with E-state index in [1.54, 1.807) is 18.3 Å². The van der Waals surface area contributed by atoms with Crippen LogP contribution in [0.5, 0.6) is 0 Å². The van der Waals surface area contributed by atoms with Gasteiger partial charge in [-0.2, -0.15) is 0 Å². The van der Waals surface area contributed by atoms with Gasteiger partial charge in [0, 0.05) is 6.20 Å². The smallest absolute Gasteiger partial charge is 0.173 e. The largest absolute Gasteiger partial charge is 0.383 e. The second kappa shape index (κ2) is 6.25. The van der Waals surface area contributed by atoms with E-state index in [9.17, 15) is 8.78 Å². The molecule has 5 N–H and O–H groups in total. The predicted octanol–water partition coefficient (Wildman–Crippen LogP) is 2.45. The van der Waals surface area contributed by atoms with Crippen LogP contribution < -0.4 is 17.0 Å². The number of nitrogens with one attached hydrogen (secondary N) is 1. The Labute approximate surface area is 123 Å². The van der Waals surface area contributed by atoms with Crippen molar-refractivity contribution in [2.24, 2.45) is 5.84 Å². The van der Waals surface area contributed by atoms with Crippen LogP contribution in [0.3, 0.4) is 0 Å². The summed E-state index contributed by atoms with van der Waals surface area (Å²) in [7, 11) is 0. The standard InChI is InChI=1S/C13H13BrF2N4/c14-11-8(3-4-9(15)12(11)16)10(20-18)6-7-2-1-5-19-13(7)17/h1-5,10,20H,6,18H2,(H2,17,19). The number of benzene rings is 1. The first-order valence-corrected chi connectivity index (χ1v) is 6.62. The molecule has 1 atom stereocenters. The minimum Gasteiger partial charge on any atom is -0.383 e. The summed E-state index contributed by atoms with van der Waals surface area (Å²) >= 11 is 3.05. The van der Waals surface area contributed by atoms with Crippen LogP contribution in [-0.2, 0) is 6.42 Å². The highest BCUT2D eigenvalue weighted by atomic mass is 79.9. The Balaban J connectivity index is 2.34. The number of nitrogen functional groups attached to an aromatic ring is 1. The van der Waals surface area contributed by atoms with Gasteiger partial charge in [0.1, 0.15) is 5.82 Å². The van der Waals surface area contributed by atoms with Gasteiger partial charge in [-0.3, -0.25) is 11.3 Å². The molecule has 7 heteroatoms. The van der Waals surface area contributed by atoms with E-state index in [2.05, 4.69) is 26.3 Å². The highest BCUT2D eigenvalue weighted by molar-refractivity contribution is 9.10. The van der Waals surface area contributed by atoms with Crippen LogP contribution in [0.15, 0.2) is 34.9 Å². The van der Waals surface area contributed by atoms with E-state index in [1.807, 2.05) is 0 Å². The molecule has 1 heterocycles. The van der Waals surface area contributed by atoms with E-state index in [1.165, 1.54) is 6.07 Å². The van der Waals surface area contributed by atoms with E-state index >= 15 is 0 Å². The summed E-state index contributed by atoms with van der Waals surface area (Å²) in [6.45, 7) is 0. The van der Waals surface area contributed by atoms with Crippen molar-refractivity contribution < 1.29 is 8.78 Å². The molecule has 0 amide bonds. The number of anilines is 1. The average molecular weight is 343 g/mol. The maximum atomic E-state index is 13.6. The average Bonchev–Trinajstić information content (AvgIpc) is 2.45. The first-order chi connectivity index (χ1) is 9.54. The second-order valence-electron chi connectivity index (χ2n) is 4.24. The van der Waals surface area contributed by atoms with Crippen molar-refractivity contribution in [3.63, 3.8) is 0 Å². The van der Waals surface area contributed by atoms with Crippen LogP contribution in [-0.4, -0.2) is 4.98 Å². The summed E-state index contributed by atoms with van der Waals surface area (Å²) in [6, 6.07) is 5.66. The number of pyridine rings is 1. The summed E-state index contributed by atoms with van der Waals surface area (Å²) in [5, 5.41) is 0. The molecule has 0 bridgehead atoms. The number of nitrogens with zero attached hydrogens (tertiary/aromatic N) is 1. The number of hydrogen-bond donors (Lipinski definition) is 3. The summed E-state index contributed by atoms with van der Waals surface area (Å²) < 4.78 is 26.8. The summed E-state index contributed by atoms with van der Waals surface area (Å²) in [5.74, 6) is 4.03. The number of hydrazine groups is 1. The van der Waals surface area contributed by atoms with Crippen LogP contribution in [0.1, 0.15) is 17.2 Å². The molecule has 0 aliphatic rings. The molecule has 0 fully saturated rings. The Morgan fingerprint density at radius 2 is 2.05 bits per heavy atom. The molecule has 0 aliphatic heterocycles. The third kappa shape index (κ3) is 2.95. The Hall–Kier alpha value is -1.57. The molecule has 0 saturated heterocycles. The van der Waals surface area contributed by atoms with Gasteiger partial charge in [-0.25, -0.2) is 13.8 Å². The van der Waals surface area contributed by atoms with Gasteiger partial charge in [-0.05, 0) is 45.6 Å². The second-order valence-corrected chi connectivity index (χ2v) is 5.03. The van der Waals surface area contributed by atoms with Gasteiger partial charge in [0.2, 0.25) is 0 Å². The van der Waals surface area contributed by atoms with Gasteiger partial charge in [-0.15, -0.1) is 0 Å². The van der Waals surface area contributed by atoms with E-state index in [0.29, 0.717) is 17.8 Å². The third-order valence-corrected chi connectivity index (χ3v) is 3.80. The quantitative estimate of drug-likeness (QED) is 0.453. The summed E-state index contributed by atoms with van der Waals surface area (Å²) in [6.07, 6.45) is 1.98. The molecule has 0 spiro atoms. The van der Waals surface area contributed by atoms with Crippen LogP contribution in [0.4, 0.5) is 14.6 Å². The maximum absolute atomic E-state index is 13.6. The van der Waals surface area contributed by atoms with Gasteiger partial charge in [0.25, 0.3) is 0 Å². The first kappa shape index (κ1) is 14.8. The van der Waals surface area contributed by atoms with Crippen LogP contribution >= 0.6 is 15.9 Å². The van der Waals surface area contributed by atoms with Gasteiger partial charge in [0.15, 0.2) is 11.6 Å². The molecule has 1 aromatic heterocycles. The van der Waals surface area contributed by atoms with Crippen molar-refractivity contribution in [3.05, 3.63) is 57.7 Å². The number of aromatic nitrogens is 1. The Bertz CT molecular complexity index is 621. The third-order valence-electron chi connectivity index (χ3n) is 2.99. The normalized spacial score (nSPS) is 12.4. The fraction of sp³-hybridized carbons (Fsp3) is 0.154. The van der Waals surface area contributed by atoms with Crippen molar-refractivity contribution in [2.45, 2.75) is 12.5 Å². The fourth-order valence-electron chi connectivity index (χ4n) is 1.91. The van der Waals surface area contributed by atoms with E-state index in [-0.39, 0.29) is 4.47 Å². The molecule has 1 aromatic carbocycles. The number of rotatable bonds is 4. The minimum atomic E-state index is -0.943. The Kier molecular flexibility index (Phi) is 4.64. The molecule has 2 rings (SSSR count). The molecule has 1 unspecified atom stereocenters. The monoisotopic (exact) mass is 342 g/mol. The lowest BCUT2D eigenvalue weighted by Gasteiger charge is -2.19. The number of nitrogens with two attached hydrogens (primary N) is 2. The lowest BCUT2D eigenvalue weighted by Crippen LogP contribution is -2.30. The van der Waals surface area contributed by atoms with Crippen molar-refractivity contribution >= 4 is 21.7 Å². The molecular formula is C13H13BrF2N4. The zero-order valence-electron chi connectivity index (χ0n) is 10.4. The highest BCUT2D eigenvalue weighted by Crippen LogP contribution is 2.30. The van der Waals surface area contributed by atoms with Crippen molar-refractivity contribution in [1.82, 2.24) is 10.4 Å². The predicted molar refractivity (Wildman–Crippen MR) is 76.5 cm³/mol. The summed E-state index contributed by atoms with van der Waals surface area (Å²) in [5.41, 5.74) is 9.63. The van der Waals surface area contributed by atoms with Crippen LogP contribution in [0.2, 0.25) is 0 Å². The molecule has 4 nitrogen and oxygen atoms in total. The Morgan fingerprint density at radius 1 is 1.30 bits per heavy atom. The SMILES string of the molecule is NNC(Cc1cccnc1N)c1ccc(F)c(F)c1Br. The molecule has 20 heavy (non-hydrogen) atoms. The van der Waals surface area contributed by atoms with Crippen molar-refractivity contribution in [3.8, 4) is 0 Å². The topological polar surface area (TPSA) is 77.0 Å². The van der Waals surface area contributed by atoms with Gasteiger partial charge >= 0.3 is 0 Å². The van der Waals surface area contributed by atoms with Crippen LogP contribution in [0.25, 0.3) is 0 Å². The lowest BCUT2D eigenvalue weighted by molar-refractivity contribution is 0.491. The summed E-state index contributed by atoms with van der Waals surface area (Å²) in [4.78, 5) is 3.98. The maximum Gasteiger partial charge on any atom is 0.173 e. The zero-order chi connectivity index (χ0) is 14.7. The molecular weight excluding hydrogens is 330 g/mol. The minimum absolute atomic E-state index is 0.0444. The van der Waals surface area contributed by atoms with E-state index < -0.39 is 17.7 Å². The fourth-order valence-corrected chi connectivity index (χ4v) is 2.51. The zero-order valence-corrected chi connectivity index (χ0v) is 12.0. The lowest BCUT2D eigenvalue weighted by atomic mass is 9.99. The molecule has 0 saturated carbocycles. The van der Waals surface area contributed by atoms with Gasteiger partial charge in [-0.1, -0.05) is 12.1 Å². The molecule has 2 aromatic rings. The van der Waals surface area contributed by atoms with Crippen molar-refractivity contribution in [2.75, 3.05) is 5.73 Å². The molecule has 106 valence electrons. The number of hydrogen-bond acceptors (Lipinski definition) is 4. The van der Waals surface area contributed by atoms with Gasteiger partial charge < -0.3 is 5.73 Å².